The maximum atomic E-state index is 13.7. The molecule has 1 atom stereocenters. The summed E-state index contributed by atoms with van der Waals surface area (Å²) in [6.07, 6.45) is 5.91. The summed E-state index contributed by atoms with van der Waals surface area (Å²) >= 11 is 0. The molecular weight excluding hydrogens is 475 g/mol. The van der Waals surface area contributed by atoms with Crippen LogP contribution in [0.1, 0.15) is 41.5 Å². The average molecular weight is 503 g/mol. The number of ether oxygens (including phenoxy) is 1. The molecule has 0 spiro atoms. The van der Waals surface area contributed by atoms with Crippen LogP contribution in [-0.4, -0.2) is 34.4 Å². The molecule has 0 aliphatic rings. The van der Waals surface area contributed by atoms with Gasteiger partial charge in [0.1, 0.15) is 23.9 Å². The van der Waals surface area contributed by atoms with E-state index in [9.17, 15) is 14.0 Å². The van der Waals surface area contributed by atoms with Crippen LogP contribution < -0.4 is 15.0 Å². The third kappa shape index (κ3) is 6.58. The van der Waals surface area contributed by atoms with Crippen LogP contribution in [0.3, 0.4) is 0 Å². The van der Waals surface area contributed by atoms with Crippen molar-refractivity contribution in [3.8, 4) is 5.75 Å². The molecule has 8 nitrogen and oxygen atoms in total. The fourth-order valence-corrected chi connectivity index (χ4v) is 3.86. The highest BCUT2D eigenvalue weighted by atomic mass is 19.1. The molecule has 0 bridgehead atoms. The van der Waals surface area contributed by atoms with Gasteiger partial charge in [0.05, 0.1) is 6.10 Å². The van der Waals surface area contributed by atoms with E-state index in [1.54, 1.807) is 54.7 Å². The monoisotopic (exact) mass is 502 g/mol. The lowest BCUT2D eigenvalue weighted by atomic mass is 10.0. The Morgan fingerprint density at radius 2 is 1.92 bits per heavy atom. The first-order valence-corrected chi connectivity index (χ1v) is 11.8. The van der Waals surface area contributed by atoms with Gasteiger partial charge < -0.3 is 14.5 Å². The zero-order valence-corrected chi connectivity index (χ0v) is 20.5. The van der Waals surface area contributed by atoms with Crippen LogP contribution >= 0.6 is 0 Å². The first kappa shape index (κ1) is 25.6. The Hall–Kier alpha value is -4.53. The van der Waals surface area contributed by atoms with E-state index in [1.165, 1.54) is 29.5 Å². The summed E-state index contributed by atoms with van der Waals surface area (Å²) in [7, 11) is 0. The molecule has 0 saturated heterocycles. The molecule has 4 rings (SSSR count). The number of hydrogen-bond acceptors (Lipinski definition) is 6. The molecule has 4 aromatic rings. The number of halogens is 1. The number of anilines is 1. The molecular formula is C28H27FN4O4. The molecule has 2 amide bonds. The van der Waals surface area contributed by atoms with Crippen molar-refractivity contribution >= 4 is 17.5 Å². The molecule has 2 aromatic carbocycles. The predicted octanol–water partition coefficient (Wildman–Crippen LogP) is 4.74. The predicted molar refractivity (Wildman–Crippen MR) is 136 cm³/mol. The van der Waals surface area contributed by atoms with Gasteiger partial charge in [-0.15, -0.1) is 0 Å². The third-order valence-electron chi connectivity index (χ3n) is 5.47. The molecule has 1 unspecified atom stereocenters. The summed E-state index contributed by atoms with van der Waals surface area (Å²) in [5.41, 5.74) is 1.75. The van der Waals surface area contributed by atoms with Crippen molar-refractivity contribution in [2.24, 2.45) is 0 Å². The summed E-state index contributed by atoms with van der Waals surface area (Å²) in [6, 6.07) is 15.4. The van der Waals surface area contributed by atoms with E-state index in [1.807, 2.05) is 13.8 Å². The van der Waals surface area contributed by atoms with Crippen molar-refractivity contribution in [2.75, 3.05) is 11.4 Å². The normalized spacial score (nSPS) is 11.7. The topological polar surface area (TPSA) is 97.6 Å². The number of hydrogen-bond donors (Lipinski definition) is 1. The maximum absolute atomic E-state index is 13.7. The molecule has 0 aliphatic heterocycles. The van der Waals surface area contributed by atoms with E-state index < -0.39 is 17.9 Å². The maximum Gasteiger partial charge on any atom is 0.281 e. The number of aromatic nitrogens is 2. The second kappa shape index (κ2) is 11.9. The van der Waals surface area contributed by atoms with Gasteiger partial charge in [-0.2, -0.15) is 0 Å². The van der Waals surface area contributed by atoms with Gasteiger partial charge in [0.2, 0.25) is 5.91 Å². The molecule has 2 heterocycles. The minimum Gasteiger partial charge on any atom is -0.491 e. The number of amides is 2. The Morgan fingerprint density at radius 3 is 2.57 bits per heavy atom. The van der Waals surface area contributed by atoms with Crippen molar-refractivity contribution in [1.82, 2.24) is 15.3 Å². The minimum atomic E-state index is -1.07. The van der Waals surface area contributed by atoms with E-state index in [0.717, 1.165) is 12.0 Å². The van der Waals surface area contributed by atoms with Crippen LogP contribution in [0.15, 0.2) is 90.1 Å². The lowest BCUT2D eigenvalue weighted by Gasteiger charge is -2.31. The molecule has 37 heavy (non-hydrogen) atoms. The van der Waals surface area contributed by atoms with E-state index in [0.29, 0.717) is 23.4 Å². The number of carbonyl (C=O) groups excluding carboxylic acids is 2. The second-order valence-corrected chi connectivity index (χ2v) is 8.57. The average Bonchev–Trinajstić information content (AvgIpc) is 3.43. The number of pyridine rings is 1. The molecule has 0 saturated carbocycles. The molecule has 190 valence electrons. The Kier molecular flexibility index (Phi) is 8.25. The molecule has 0 aliphatic carbocycles. The van der Waals surface area contributed by atoms with Gasteiger partial charge in [0, 0.05) is 30.2 Å². The quantitative estimate of drug-likeness (QED) is 0.336. The SMILES string of the molecule is CC(C)Oc1ccc(N(C(=O)c2cocn2)C(C(=O)NCCc2cccc(F)c2)c2cccnc2)cc1. The van der Waals surface area contributed by atoms with Crippen LogP contribution in [0, 0.1) is 5.82 Å². The third-order valence-corrected chi connectivity index (χ3v) is 5.47. The van der Waals surface area contributed by atoms with Crippen molar-refractivity contribution in [3.05, 3.63) is 108 Å². The minimum absolute atomic E-state index is 0.0225. The molecule has 0 radical (unpaired) electrons. The van der Waals surface area contributed by atoms with Gasteiger partial charge in [-0.3, -0.25) is 19.5 Å². The van der Waals surface area contributed by atoms with Gasteiger partial charge in [-0.25, -0.2) is 9.37 Å². The van der Waals surface area contributed by atoms with Gasteiger partial charge >= 0.3 is 0 Å². The first-order chi connectivity index (χ1) is 17.9. The zero-order valence-electron chi connectivity index (χ0n) is 20.5. The van der Waals surface area contributed by atoms with Gasteiger partial charge in [-0.1, -0.05) is 18.2 Å². The summed E-state index contributed by atoms with van der Waals surface area (Å²) in [5.74, 6) is -0.666. The Labute approximate surface area is 214 Å². The van der Waals surface area contributed by atoms with Gasteiger partial charge in [0.25, 0.3) is 5.91 Å². The van der Waals surface area contributed by atoms with Crippen LogP contribution in [0.4, 0.5) is 10.1 Å². The van der Waals surface area contributed by atoms with Crippen molar-refractivity contribution in [3.63, 3.8) is 0 Å². The number of carbonyl (C=O) groups is 2. The number of nitrogens with one attached hydrogen (secondary N) is 1. The van der Waals surface area contributed by atoms with Crippen LogP contribution in [0.25, 0.3) is 0 Å². The largest absolute Gasteiger partial charge is 0.491 e. The van der Waals surface area contributed by atoms with Gasteiger partial charge in [-0.05, 0) is 68.3 Å². The molecule has 1 N–H and O–H groups in total. The van der Waals surface area contributed by atoms with Crippen molar-refractivity contribution < 1.29 is 23.1 Å². The van der Waals surface area contributed by atoms with Crippen LogP contribution in [-0.2, 0) is 11.2 Å². The lowest BCUT2D eigenvalue weighted by Crippen LogP contribution is -2.44. The fourth-order valence-electron chi connectivity index (χ4n) is 3.86. The highest BCUT2D eigenvalue weighted by Gasteiger charge is 2.34. The Bertz CT molecular complexity index is 1310. The smallest absolute Gasteiger partial charge is 0.281 e. The van der Waals surface area contributed by atoms with E-state index in [-0.39, 0.29) is 24.2 Å². The number of oxazole rings is 1. The van der Waals surface area contributed by atoms with Crippen molar-refractivity contribution in [1.29, 1.82) is 0 Å². The number of benzene rings is 2. The number of rotatable bonds is 10. The molecule has 2 aromatic heterocycles. The standard InChI is InChI=1S/C28H27FN4O4/c1-19(2)37-24-10-8-23(9-11-24)33(28(35)25-17-36-18-32-25)26(21-6-4-13-30-16-21)27(34)31-14-12-20-5-3-7-22(29)15-20/h3-11,13,15-19,26H,12,14H2,1-2H3,(H,31,34). The Balaban J connectivity index is 1.67. The summed E-state index contributed by atoms with van der Waals surface area (Å²) < 4.78 is 24.3. The summed E-state index contributed by atoms with van der Waals surface area (Å²) in [4.78, 5) is 36.8. The lowest BCUT2D eigenvalue weighted by molar-refractivity contribution is -0.122. The second-order valence-electron chi connectivity index (χ2n) is 8.57. The summed E-state index contributed by atoms with van der Waals surface area (Å²) in [6.45, 7) is 4.08. The van der Waals surface area contributed by atoms with Crippen LogP contribution in [0.5, 0.6) is 5.75 Å². The van der Waals surface area contributed by atoms with E-state index >= 15 is 0 Å². The van der Waals surface area contributed by atoms with E-state index in [4.69, 9.17) is 9.15 Å². The zero-order chi connectivity index (χ0) is 26.2. The van der Waals surface area contributed by atoms with Crippen molar-refractivity contribution in [2.45, 2.75) is 32.4 Å². The summed E-state index contributed by atoms with van der Waals surface area (Å²) in [5, 5.41) is 2.89. The highest BCUT2D eigenvalue weighted by molar-refractivity contribution is 6.09. The highest BCUT2D eigenvalue weighted by Crippen LogP contribution is 2.31. The van der Waals surface area contributed by atoms with Gasteiger partial charge in [0.15, 0.2) is 12.1 Å². The van der Waals surface area contributed by atoms with Crippen LogP contribution in [0.2, 0.25) is 0 Å². The molecule has 0 fully saturated rings. The Morgan fingerprint density at radius 1 is 1.11 bits per heavy atom. The number of nitrogens with zero attached hydrogens (tertiary/aromatic N) is 3. The molecule has 9 heteroatoms. The fraction of sp³-hybridized carbons (Fsp3) is 0.214. The van der Waals surface area contributed by atoms with E-state index in [2.05, 4.69) is 15.3 Å². The first-order valence-electron chi connectivity index (χ1n) is 11.8.